The van der Waals surface area contributed by atoms with Crippen LogP contribution in [0.5, 0.6) is 5.75 Å². The molecular weight excluding hydrogens is 424 g/mol. The summed E-state index contributed by atoms with van der Waals surface area (Å²) in [4.78, 5) is 36.2. The van der Waals surface area contributed by atoms with Gasteiger partial charge in [-0.25, -0.2) is 9.59 Å². The molecular formula is C25H22N2O6. The molecule has 0 saturated carbocycles. The number of carbonyl (C=O) groups excluding carboxylic acids is 2. The van der Waals surface area contributed by atoms with Crippen molar-refractivity contribution in [2.75, 3.05) is 11.9 Å². The number of ether oxygens (including phenoxy) is 1. The van der Waals surface area contributed by atoms with Gasteiger partial charge in [-0.15, -0.1) is 0 Å². The highest BCUT2D eigenvalue weighted by Gasteiger charge is 2.29. The van der Waals surface area contributed by atoms with Crippen LogP contribution >= 0.6 is 0 Å². The van der Waals surface area contributed by atoms with Crippen molar-refractivity contribution in [3.05, 3.63) is 83.4 Å². The number of rotatable bonds is 6. The summed E-state index contributed by atoms with van der Waals surface area (Å²) in [5, 5.41) is 23.6. The lowest BCUT2D eigenvalue weighted by molar-refractivity contribution is -0.117. The van der Waals surface area contributed by atoms with Crippen molar-refractivity contribution in [3.63, 3.8) is 0 Å². The maximum atomic E-state index is 12.5. The van der Waals surface area contributed by atoms with Crippen LogP contribution in [0.4, 0.5) is 10.5 Å². The normalized spacial score (nSPS) is 12.9. The predicted molar refractivity (Wildman–Crippen MR) is 121 cm³/mol. The van der Waals surface area contributed by atoms with E-state index in [0.29, 0.717) is 0 Å². The third-order valence-corrected chi connectivity index (χ3v) is 5.56. The van der Waals surface area contributed by atoms with Crippen LogP contribution in [0, 0.1) is 0 Å². The molecule has 4 N–H and O–H groups in total. The molecule has 0 aliphatic heterocycles. The van der Waals surface area contributed by atoms with E-state index < -0.39 is 24.0 Å². The number of hydrogen-bond acceptors (Lipinski definition) is 5. The van der Waals surface area contributed by atoms with Crippen molar-refractivity contribution in [1.82, 2.24) is 5.32 Å². The first kappa shape index (κ1) is 21.9. The van der Waals surface area contributed by atoms with Gasteiger partial charge in [-0.1, -0.05) is 48.5 Å². The molecule has 8 nitrogen and oxygen atoms in total. The zero-order valence-corrected chi connectivity index (χ0v) is 17.7. The molecule has 8 heteroatoms. The molecule has 1 atom stereocenters. The Morgan fingerprint density at radius 2 is 1.58 bits per heavy atom. The smallest absolute Gasteiger partial charge is 0.407 e. The predicted octanol–water partition coefficient (Wildman–Crippen LogP) is 3.96. The maximum absolute atomic E-state index is 12.5. The number of phenolic OH excluding ortho intramolecular Hbond substituents is 1. The third kappa shape index (κ3) is 4.50. The fourth-order valence-electron chi connectivity index (χ4n) is 3.94. The van der Waals surface area contributed by atoms with Crippen LogP contribution in [0.1, 0.15) is 34.3 Å². The minimum atomic E-state index is -1.31. The first-order valence-corrected chi connectivity index (χ1v) is 10.3. The van der Waals surface area contributed by atoms with Gasteiger partial charge in [-0.2, -0.15) is 0 Å². The molecule has 0 fully saturated rings. The Morgan fingerprint density at radius 1 is 0.970 bits per heavy atom. The van der Waals surface area contributed by atoms with Crippen molar-refractivity contribution in [3.8, 4) is 16.9 Å². The summed E-state index contributed by atoms with van der Waals surface area (Å²) in [6.45, 7) is 1.56. The number of anilines is 1. The largest absolute Gasteiger partial charge is 0.508 e. The second kappa shape index (κ2) is 9.04. The van der Waals surface area contributed by atoms with Crippen LogP contribution < -0.4 is 10.6 Å². The van der Waals surface area contributed by atoms with E-state index in [-0.39, 0.29) is 29.5 Å². The second-order valence-corrected chi connectivity index (χ2v) is 7.72. The zero-order valence-electron chi connectivity index (χ0n) is 17.7. The van der Waals surface area contributed by atoms with Gasteiger partial charge >= 0.3 is 12.1 Å². The zero-order chi connectivity index (χ0) is 23.5. The first-order chi connectivity index (χ1) is 15.8. The molecule has 0 saturated heterocycles. The lowest BCUT2D eigenvalue weighted by Crippen LogP contribution is -2.42. The van der Waals surface area contributed by atoms with Gasteiger partial charge in [-0.05, 0) is 47.4 Å². The Bertz CT molecular complexity index is 1190. The lowest BCUT2D eigenvalue weighted by atomic mass is 9.98. The molecule has 0 aromatic heterocycles. The Kier molecular flexibility index (Phi) is 5.99. The lowest BCUT2D eigenvalue weighted by Gasteiger charge is -2.17. The highest BCUT2D eigenvalue weighted by Crippen LogP contribution is 2.44. The van der Waals surface area contributed by atoms with E-state index in [0.717, 1.165) is 28.3 Å². The van der Waals surface area contributed by atoms with E-state index in [1.54, 1.807) is 0 Å². The van der Waals surface area contributed by atoms with E-state index in [9.17, 15) is 24.6 Å². The average molecular weight is 446 g/mol. The van der Waals surface area contributed by atoms with Crippen molar-refractivity contribution in [2.24, 2.45) is 0 Å². The number of amides is 2. The van der Waals surface area contributed by atoms with Gasteiger partial charge < -0.3 is 25.6 Å². The summed E-state index contributed by atoms with van der Waals surface area (Å²) in [6, 6.07) is 18.5. The number of alkyl carbamates (subject to hydrolysis) is 1. The average Bonchev–Trinajstić information content (AvgIpc) is 3.12. The summed E-state index contributed by atoms with van der Waals surface area (Å²) < 4.78 is 5.43. The molecule has 2 amide bonds. The van der Waals surface area contributed by atoms with Crippen LogP contribution in [-0.4, -0.2) is 40.8 Å². The van der Waals surface area contributed by atoms with Gasteiger partial charge in [0.25, 0.3) is 0 Å². The van der Waals surface area contributed by atoms with E-state index in [2.05, 4.69) is 10.6 Å². The molecule has 168 valence electrons. The Balaban J connectivity index is 1.38. The molecule has 0 spiro atoms. The fraction of sp³-hybridized carbons (Fsp3) is 0.160. The number of carbonyl (C=O) groups is 3. The SMILES string of the molecule is C[C@H](NC(=O)OCC1c2ccccc2-c2ccccc21)C(=O)Nc1ccc(O)cc1C(=O)O. The van der Waals surface area contributed by atoms with E-state index in [4.69, 9.17) is 4.74 Å². The number of phenols is 1. The highest BCUT2D eigenvalue weighted by atomic mass is 16.5. The standard InChI is InChI=1S/C25H22N2O6/c1-14(23(29)27-22-11-10-15(28)12-20(22)24(30)31)26-25(32)33-13-21-18-8-4-2-6-16(18)17-7-3-5-9-19(17)21/h2-12,14,21,28H,13H2,1H3,(H,26,32)(H,27,29)(H,30,31)/t14-/m0/s1. The van der Waals surface area contributed by atoms with Gasteiger partial charge in [0.05, 0.1) is 11.3 Å². The number of fused-ring (bicyclic) bond motifs is 3. The molecule has 33 heavy (non-hydrogen) atoms. The maximum Gasteiger partial charge on any atom is 0.407 e. The molecule has 1 aliphatic rings. The quantitative estimate of drug-likeness (QED) is 0.425. The highest BCUT2D eigenvalue weighted by molar-refractivity contribution is 6.03. The molecule has 0 heterocycles. The number of aromatic hydroxyl groups is 1. The Labute approximate surface area is 189 Å². The summed E-state index contributed by atoms with van der Waals surface area (Å²) in [7, 11) is 0. The first-order valence-electron chi connectivity index (χ1n) is 10.3. The summed E-state index contributed by atoms with van der Waals surface area (Å²) in [5.41, 5.74) is 4.11. The summed E-state index contributed by atoms with van der Waals surface area (Å²) in [5.74, 6) is -2.28. The molecule has 0 bridgehead atoms. The number of hydrogen-bond donors (Lipinski definition) is 4. The number of carboxylic acid groups (broad SMARTS) is 1. The van der Waals surface area contributed by atoms with Gasteiger partial charge in [0.2, 0.25) is 5.91 Å². The summed E-state index contributed by atoms with van der Waals surface area (Å²) in [6.07, 6.45) is -0.760. The monoisotopic (exact) mass is 446 g/mol. The van der Waals surface area contributed by atoms with E-state index in [1.807, 2.05) is 48.5 Å². The van der Waals surface area contributed by atoms with Crippen LogP contribution in [0.2, 0.25) is 0 Å². The second-order valence-electron chi connectivity index (χ2n) is 7.72. The van der Waals surface area contributed by atoms with Gasteiger partial charge in [0, 0.05) is 5.92 Å². The number of carboxylic acids is 1. The molecule has 3 aromatic rings. The van der Waals surface area contributed by atoms with Crippen LogP contribution in [0.15, 0.2) is 66.7 Å². The number of nitrogens with one attached hydrogen (secondary N) is 2. The Hall–Kier alpha value is -4.33. The van der Waals surface area contributed by atoms with Crippen LogP contribution in [0.3, 0.4) is 0 Å². The van der Waals surface area contributed by atoms with Crippen molar-refractivity contribution in [1.29, 1.82) is 0 Å². The van der Waals surface area contributed by atoms with Crippen molar-refractivity contribution < 1.29 is 29.3 Å². The van der Waals surface area contributed by atoms with Gasteiger partial charge in [-0.3, -0.25) is 4.79 Å². The minimum absolute atomic E-state index is 0.00601. The fourth-order valence-corrected chi connectivity index (χ4v) is 3.94. The summed E-state index contributed by atoms with van der Waals surface area (Å²) >= 11 is 0. The molecule has 0 radical (unpaired) electrons. The van der Waals surface area contributed by atoms with E-state index >= 15 is 0 Å². The van der Waals surface area contributed by atoms with Crippen molar-refractivity contribution in [2.45, 2.75) is 18.9 Å². The van der Waals surface area contributed by atoms with Crippen LogP contribution in [-0.2, 0) is 9.53 Å². The molecule has 4 rings (SSSR count). The molecule has 0 unspecified atom stereocenters. The number of aromatic carboxylic acids is 1. The minimum Gasteiger partial charge on any atom is -0.508 e. The number of benzene rings is 3. The van der Waals surface area contributed by atoms with Gasteiger partial charge in [0.15, 0.2) is 0 Å². The van der Waals surface area contributed by atoms with Gasteiger partial charge in [0.1, 0.15) is 18.4 Å². The molecule has 3 aromatic carbocycles. The molecule has 1 aliphatic carbocycles. The Morgan fingerprint density at radius 3 is 2.18 bits per heavy atom. The van der Waals surface area contributed by atoms with E-state index in [1.165, 1.54) is 19.1 Å². The third-order valence-electron chi connectivity index (χ3n) is 5.56. The van der Waals surface area contributed by atoms with Crippen molar-refractivity contribution >= 4 is 23.7 Å². The van der Waals surface area contributed by atoms with Crippen LogP contribution in [0.25, 0.3) is 11.1 Å². The topological polar surface area (TPSA) is 125 Å².